The molecule has 7 heteroatoms. The summed E-state index contributed by atoms with van der Waals surface area (Å²) in [6, 6.07) is 24.0. The first-order valence-electron chi connectivity index (χ1n) is 11.3. The van der Waals surface area contributed by atoms with Crippen LogP contribution in [0.1, 0.15) is 22.3 Å². The van der Waals surface area contributed by atoms with Gasteiger partial charge in [0.15, 0.2) is 4.91 Å². The summed E-state index contributed by atoms with van der Waals surface area (Å²) in [6.45, 7) is 0. The highest BCUT2D eigenvalue weighted by molar-refractivity contribution is 7.97. The van der Waals surface area contributed by atoms with Crippen LogP contribution in [-0.2, 0) is 27.7 Å². The van der Waals surface area contributed by atoms with Crippen molar-refractivity contribution in [1.29, 1.82) is 0 Å². The van der Waals surface area contributed by atoms with Gasteiger partial charge in [-0.2, -0.15) is 0 Å². The lowest BCUT2D eigenvalue weighted by Gasteiger charge is -2.31. The van der Waals surface area contributed by atoms with Crippen molar-refractivity contribution in [3.05, 3.63) is 111 Å². The maximum Gasteiger partial charge on any atom is 0.270 e. The van der Waals surface area contributed by atoms with Crippen LogP contribution >= 0.6 is 11.6 Å². The number of carbonyl (C=O) groups excluding carboxylic acids is 1. The summed E-state index contributed by atoms with van der Waals surface area (Å²) in [7, 11) is -2.69. The number of fused-ring (bicyclic) bond motifs is 1. The number of sulfonamides is 1. The Hall–Kier alpha value is -3.61. The molecule has 1 heterocycles. The third-order valence-corrected chi connectivity index (χ3v) is 8.86. The Bertz CT molecular complexity index is 1670. The fraction of sp³-hybridized carbons (Fsp3) is 0.107. The Morgan fingerprint density at radius 3 is 2.43 bits per heavy atom. The van der Waals surface area contributed by atoms with Crippen molar-refractivity contribution in [2.75, 3.05) is 16.7 Å². The van der Waals surface area contributed by atoms with Gasteiger partial charge < -0.3 is 5.32 Å². The average Bonchev–Trinajstić information content (AvgIpc) is 3.28. The summed E-state index contributed by atoms with van der Waals surface area (Å²) in [5, 5.41) is 5.43. The fourth-order valence-electron chi connectivity index (χ4n) is 5.16. The molecule has 1 N–H and O–H groups in total. The van der Waals surface area contributed by atoms with Crippen LogP contribution in [0.25, 0.3) is 16.3 Å². The highest BCUT2D eigenvalue weighted by atomic mass is 35.5. The second kappa shape index (κ2) is 7.97. The lowest BCUT2D eigenvalue weighted by Crippen LogP contribution is -2.37. The van der Waals surface area contributed by atoms with Crippen LogP contribution in [0.2, 0.25) is 5.02 Å². The van der Waals surface area contributed by atoms with Crippen molar-refractivity contribution in [3.63, 3.8) is 0 Å². The molecule has 1 aliphatic carbocycles. The molecule has 0 fully saturated rings. The minimum Gasteiger partial charge on any atom is -0.321 e. The van der Waals surface area contributed by atoms with Crippen molar-refractivity contribution in [2.45, 2.75) is 12.8 Å². The maximum atomic E-state index is 13.8. The van der Waals surface area contributed by atoms with Gasteiger partial charge in [-0.05, 0) is 59.2 Å². The summed E-state index contributed by atoms with van der Waals surface area (Å²) in [4.78, 5) is 13.5. The van der Waals surface area contributed by atoms with Crippen LogP contribution < -0.4 is 9.62 Å². The normalized spacial score (nSPS) is 15.9. The van der Waals surface area contributed by atoms with Gasteiger partial charge in [0.25, 0.3) is 15.9 Å². The van der Waals surface area contributed by atoms with Crippen molar-refractivity contribution in [2.24, 2.45) is 0 Å². The van der Waals surface area contributed by atoms with E-state index in [9.17, 15) is 13.2 Å². The van der Waals surface area contributed by atoms with E-state index >= 15 is 0 Å². The Morgan fingerprint density at radius 2 is 1.66 bits per heavy atom. The van der Waals surface area contributed by atoms with E-state index in [0.717, 1.165) is 27.9 Å². The smallest absolute Gasteiger partial charge is 0.270 e. The molecule has 174 valence electrons. The second-order valence-corrected chi connectivity index (χ2v) is 11.1. The number of amides is 1. The lowest BCUT2D eigenvalue weighted by atomic mass is 9.95. The number of nitrogens with zero attached hydrogens (tertiary/aromatic N) is 1. The molecule has 1 amide bonds. The van der Waals surface area contributed by atoms with Gasteiger partial charge in [-0.25, -0.2) is 8.42 Å². The molecule has 0 saturated carbocycles. The van der Waals surface area contributed by atoms with E-state index in [-0.39, 0.29) is 4.91 Å². The van der Waals surface area contributed by atoms with E-state index in [4.69, 9.17) is 11.6 Å². The molecule has 5 nitrogen and oxygen atoms in total. The van der Waals surface area contributed by atoms with E-state index < -0.39 is 15.9 Å². The molecule has 1 aliphatic heterocycles. The first-order valence-corrected chi connectivity index (χ1v) is 13.1. The van der Waals surface area contributed by atoms with Crippen molar-refractivity contribution in [1.82, 2.24) is 0 Å². The van der Waals surface area contributed by atoms with Gasteiger partial charge >= 0.3 is 0 Å². The number of carbonyl (C=O) groups is 1. The maximum absolute atomic E-state index is 13.8. The molecule has 0 atom stereocenters. The topological polar surface area (TPSA) is 66.5 Å². The fourth-order valence-corrected chi connectivity index (χ4v) is 6.79. The van der Waals surface area contributed by atoms with Gasteiger partial charge in [0.05, 0.1) is 5.69 Å². The predicted octanol–water partition coefficient (Wildman–Crippen LogP) is 5.77. The molecule has 0 unspecified atom stereocenters. The summed E-state index contributed by atoms with van der Waals surface area (Å²) < 4.78 is 28.6. The van der Waals surface area contributed by atoms with Gasteiger partial charge in [0.1, 0.15) is 0 Å². The highest BCUT2D eigenvalue weighted by Gasteiger charge is 2.40. The van der Waals surface area contributed by atoms with Crippen molar-refractivity contribution >= 4 is 55.3 Å². The number of nitrogens with one attached hydrogen (secondary N) is 1. The van der Waals surface area contributed by atoms with Crippen LogP contribution in [0.3, 0.4) is 0 Å². The molecular formula is C28H21ClN2O3S. The monoisotopic (exact) mass is 500 g/mol. The third-order valence-electron chi connectivity index (χ3n) is 6.81. The van der Waals surface area contributed by atoms with Gasteiger partial charge in [-0.15, -0.1) is 0 Å². The zero-order chi connectivity index (χ0) is 24.3. The largest absolute Gasteiger partial charge is 0.321 e. The summed E-state index contributed by atoms with van der Waals surface area (Å²) in [5.74, 6) is -0.681. The number of anilines is 2. The molecule has 0 aromatic heterocycles. The standard InChI is InChI=1S/C28H21ClN2O3S/c1-31-24-15-13-20(29)16-22(24)26(17-6-3-2-4-7-17)27(35(31,33)34)28(32)30-23-14-12-19-11-10-18-8-5-9-21(23)25(18)19/h2-9,12-16H,10-11H2,1H3,(H,30,32). The molecule has 0 spiro atoms. The molecule has 6 rings (SSSR count). The molecule has 4 aromatic rings. The molecule has 4 aromatic carbocycles. The van der Waals surface area contributed by atoms with Crippen LogP contribution in [0.4, 0.5) is 11.4 Å². The Morgan fingerprint density at radius 1 is 0.914 bits per heavy atom. The summed E-state index contributed by atoms with van der Waals surface area (Å²) in [5.41, 5.74) is 5.09. The Kier molecular flexibility index (Phi) is 4.99. The van der Waals surface area contributed by atoms with E-state index in [1.54, 1.807) is 30.3 Å². The zero-order valence-corrected chi connectivity index (χ0v) is 20.5. The highest BCUT2D eigenvalue weighted by Crippen LogP contribution is 2.44. The number of aryl methyl sites for hydroxylation is 2. The summed E-state index contributed by atoms with van der Waals surface area (Å²) >= 11 is 6.32. The first kappa shape index (κ1) is 21.9. The predicted molar refractivity (Wildman–Crippen MR) is 141 cm³/mol. The second-order valence-electron chi connectivity index (χ2n) is 8.77. The number of benzene rings is 4. The number of halogens is 1. The first-order chi connectivity index (χ1) is 16.9. The van der Waals surface area contributed by atoms with Crippen LogP contribution in [0.15, 0.2) is 83.8 Å². The molecule has 2 aliphatic rings. The van der Waals surface area contributed by atoms with Gasteiger partial charge in [-0.3, -0.25) is 9.10 Å². The zero-order valence-electron chi connectivity index (χ0n) is 18.9. The van der Waals surface area contributed by atoms with Gasteiger partial charge in [0, 0.05) is 34.3 Å². The molecule has 0 saturated heterocycles. The van der Waals surface area contributed by atoms with Crippen LogP contribution in [0.5, 0.6) is 0 Å². The van der Waals surface area contributed by atoms with E-state index in [1.165, 1.54) is 18.2 Å². The molecule has 35 heavy (non-hydrogen) atoms. The lowest BCUT2D eigenvalue weighted by molar-refractivity contribution is -0.112. The van der Waals surface area contributed by atoms with Crippen molar-refractivity contribution < 1.29 is 13.2 Å². The SMILES string of the molecule is CN1c2ccc(Cl)cc2C(c2ccccc2)=C(C(=O)Nc2ccc3c4c(cccc24)CC3)S1(=O)=O. The minimum atomic E-state index is -4.14. The minimum absolute atomic E-state index is 0.302. The molecule has 0 radical (unpaired) electrons. The number of hydrogen-bond acceptors (Lipinski definition) is 3. The van der Waals surface area contributed by atoms with Crippen LogP contribution in [-0.4, -0.2) is 21.4 Å². The molecule has 0 bridgehead atoms. The van der Waals surface area contributed by atoms with E-state index in [2.05, 4.69) is 11.4 Å². The van der Waals surface area contributed by atoms with Gasteiger partial charge in [-0.1, -0.05) is 66.2 Å². The Balaban J connectivity index is 1.58. The summed E-state index contributed by atoms with van der Waals surface area (Å²) in [6.07, 6.45) is 1.92. The van der Waals surface area contributed by atoms with E-state index in [0.29, 0.717) is 33.1 Å². The average molecular weight is 501 g/mol. The van der Waals surface area contributed by atoms with Crippen molar-refractivity contribution in [3.8, 4) is 0 Å². The van der Waals surface area contributed by atoms with Crippen LogP contribution in [0, 0.1) is 0 Å². The van der Waals surface area contributed by atoms with Gasteiger partial charge in [0.2, 0.25) is 0 Å². The Labute approximate surface area is 208 Å². The third kappa shape index (κ3) is 3.36. The molecular weight excluding hydrogens is 480 g/mol. The quantitative estimate of drug-likeness (QED) is 0.388. The number of hydrogen-bond donors (Lipinski definition) is 1. The number of rotatable bonds is 3. The van der Waals surface area contributed by atoms with E-state index in [1.807, 2.05) is 42.5 Å².